The standard InChI is InChI=1S/C10H14N4O4/c1-17-5-9(16)11-4-7-13-10(18-14-7)6-2-3-8(15)12-6/h6H,2-5H2,1H3,(H,11,16)(H,12,15)/t6-/m0/s1. The second-order valence-corrected chi connectivity index (χ2v) is 3.92. The van der Waals surface area contributed by atoms with Gasteiger partial charge in [-0.15, -0.1) is 0 Å². The third-order valence-corrected chi connectivity index (χ3v) is 2.50. The first-order valence-electron chi connectivity index (χ1n) is 5.56. The largest absolute Gasteiger partial charge is 0.375 e. The van der Waals surface area contributed by atoms with E-state index in [1.165, 1.54) is 7.11 Å². The van der Waals surface area contributed by atoms with Crippen molar-refractivity contribution >= 4 is 11.8 Å². The van der Waals surface area contributed by atoms with E-state index < -0.39 is 0 Å². The molecule has 1 atom stereocenters. The number of hydrogen-bond acceptors (Lipinski definition) is 6. The van der Waals surface area contributed by atoms with Crippen molar-refractivity contribution in [3.63, 3.8) is 0 Å². The highest BCUT2D eigenvalue weighted by Gasteiger charge is 2.27. The lowest BCUT2D eigenvalue weighted by Crippen LogP contribution is -2.27. The summed E-state index contributed by atoms with van der Waals surface area (Å²) < 4.78 is 9.70. The highest BCUT2D eigenvalue weighted by Crippen LogP contribution is 2.21. The lowest BCUT2D eigenvalue weighted by atomic mass is 10.2. The SMILES string of the molecule is COCC(=O)NCc1noc([C@@H]2CCC(=O)N2)n1. The van der Waals surface area contributed by atoms with Crippen LogP contribution in [0.15, 0.2) is 4.52 Å². The van der Waals surface area contributed by atoms with Crippen molar-refractivity contribution in [2.24, 2.45) is 0 Å². The average molecular weight is 254 g/mol. The Labute approximate surface area is 103 Å². The van der Waals surface area contributed by atoms with Gasteiger partial charge in [-0.3, -0.25) is 9.59 Å². The van der Waals surface area contributed by atoms with Crippen molar-refractivity contribution in [2.75, 3.05) is 13.7 Å². The van der Waals surface area contributed by atoms with Crippen LogP contribution in [0.25, 0.3) is 0 Å². The lowest BCUT2D eigenvalue weighted by molar-refractivity contribution is -0.125. The van der Waals surface area contributed by atoms with Gasteiger partial charge >= 0.3 is 0 Å². The van der Waals surface area contributed by atoms with E-state index in [1.54, 1.807) is 0 Å². The van der Waals surface area contributed by atoms with Gasteiger partial charge in [0, 0.05) is 13.5 Å². The smallest absolute Gasteiger partial charge is 0.249 e. The number of ether oxygens (including phenoxy) is 1. The van der Waals surface area contributed by atoms with Gasteiger partial charge in [-0.25, -0.2) is 0 Å². The molecule has 2 amide bonds. The summed E-state index contributed by atoms with van der Waals surface area (Å²) in [4.78, 5) is 26.3. The molecule has 1 aromatic rings. The van der Waals surface area contributed by atoms with E-state index in [0.29, 0.717) is 24.6 Å². The van der Waals surface area contributed by atoms with Crippen LogP contribution in [0, 0.1) is 0 Å². The minimum Gasteiger partial charge on any atom is -0.375 e. The van der Waals surface area contributed by atoms with Gasteiger partial charge in [0.25, 0.3) is 0 Å². The third-order valence-electron chi connectivity index (χ3n) is 2.50. The maximum atomic E-state index is 11.1. The molecule has 2 heterocycles. The molecule has 1 aliphatic rings. The molecular formula is C10H14N4O4. The molecule has 8 nitrogen and oxygen atoms in total. The first-order chi connectivity index (χ1) is 8.69. The van der Waals surface area contributed by atoms with E-state index in [9.17, 15) is 9.59 Å². The quantitative estimate of drug-likeness (QED) is 0.718. The van der Waals surface area contributed by atoms with Crippen molar-refractivity contribution in [3.05, 3.63) is 11.7 Å². The average Bonchev–Trinajstić information content (AvgIpc) is 2.95. The lowest BCUT2D eigenvalue weighted by Gasteiger charge is -2.02. The zero-order chi connectivity index (χ0) is 13.0. The summed E-state index contributed by atoms with van der Waals surface area (Å²) in [7, 11) is 1.44. The molecule has 0 bridgehead atoms. The fraction of sp³-hybridized carbons (Fsp3) is 0.600. The van der Waals surface area contributed by atoms with E-state index in [2.05, 4.69) is 25.5 Å². The molecule has 98 valence electrons. The van der Waals surface area contributed by atoms with E-state index in [4.69, 9.17) is 4.52 Å². The molecule has 0 unspecified atom stereocenters. The molecule has 1 aromatic heterocycles. The van der Waals surface area contributed by atoms with Gasteiger partial charge in [-0.05, 0) is 6.42 Å². The highest BCUT2D eigenvalue weighted by atomic mass is 16.5. The number of carbonyl (C=O) groups excluding carboxylic acids is 2. The number of aromatic nitrogens is 2. The summed E-state index contributed by atoms with van der Waals surface area (Å²) in [5.74, 6) is 0.471. The number of hydrogen-bond donors (Lipinski definition) is 2. The highest BCUT2D eigenvalue weighted by molar-refractivity contribution is 5.78. The summed E-state index contributed by atoms with van der Waals surface area (Å²) in [5.41, 5.74) is 0. The second-order valence-electron chi connectivity index (χ2n) is 3.92. The minimum atomic E-state index is -0.252. The second kappa shape index (κ2) is 5.58. The van der Waals surface area contributed by atoms with Crippen molar-refractivity contribution in [2.45, 2.75) is 25.4 Å². The molecule has 0 aliphatic carbocycles. The van der Waals surface area contributed by atoms with Gasteiger partial charge in [0.1, 0.15) is 12.6 Å². The molecule has 0 saturated carbocycles. The Hall–Kier alpha value is -1.96. The fourth-order valence-electron chi connectivity index (χ4n) is 1.64. The summed E-state index contributed by atoms with van der Waals surface area (Å²) in [6.45, 7) is 0.162. The van der Waals surface area contributed by atoms with E-state index in [-0.39, 0.29) is 31.0 Å². The molecule has 0 spiro atoms. The van der Waals surface area contributed by atoms with Gasteiger partial charge in [0.05, 0.1) is 6.54 Å². The van der Waals surface area contributed by atoms with Crippen LogP contribution in [0.5, 0.6) is 0 Å². The predicted octanol–water partition coefficient (Wildman–Crippen LogP) is -0.717. The Bertz CT molecular complexity index is 445. The van der Waals surface area contributed by atoms with Gasteiger partial charge < -0.3 is 19.9 Å². The van der Waals surface area contributed by atoms with Gasteiger partial charge in [-0.2, -0.15) is 4.98 Å². The molecule has 2 N–H and O–H groups in total. The Morgan fingerprint density at radius 3 is 3.17 bits per heavy atom. The van der Waals surface area contributed by atoms with Crippen LogP contribution in [-0.2, 0) is 20.9 Å². The molecule has 18 heavy (non-hydrogen) atoms. The maximum absolute atomic E-state index is 11.1. The first kappa shape index (κ1) is 12.5. The van der Waals surface area contributed by atoms with E-state index >= 15 is 0 Å². The molecule has 1 fully saturated rings. The number of methoxy groups -OCH3 is 1. The third kappa shape index (κ3) is 3.04. The van der Waals surface area contributed by atoms with Crippen LogP contribution in [0.3, 0.4) is 0 Å². The van der Waals surface area contributed by atoms with Crippen LogP contribution < -0.4 is 10.6 Å². The number of carbonyl (C=O) groups is 2. The van der Waals surface area contributed by atoms with Gasteiger partial charge in [0.2, 0.25) is 17.7 Å². The summed E-state index contributed by atoms with van der Waals surface area (Å²) in [5, 5.41) is 9.03. The van der Waals surface area contributed by atoms with Crippen LogP contribution in [-0.4, -0.2) is 35.7 Å². The zero-order valence-electron chi connectivity index (χ0n) is 9.93. The molecule has 1 aliphatic heterocycles. The normalized spacial score (nSPS) is 18.7. The first-order valence-corrected chi connectivity index (χ1v) is 5.56. The Morgan fingerprint density at radius 1 is 1.67 bits per heavy atom. The Kier molecular flexibility index (Phi) is 3.88. The van der Waals surface area contributed by atoms with Crippen LogP contribution >= 0.6 is 0 Å². The summed E-state index contributed by atoms with van der Waals surface area (Å²) >= 11 is 0. The minimum absolute atomic E-state index is 0.0105. The zero-order valence-corrected chi connectivity index (χ0v) is 9.93. The van der Waals surface area contributed by atoms with Gasteiger partial charge in [0.15, 0.2) is 5.82 Å². The number of nitrogens with zero attached hydrogens (tertiary/aromatic N) is 2. The van der Waals surface area contributed by atoms with Gasteiger partial charge in [-0.1, -0.05) is 5.16 Å². The topological polar surface area (TPSA) is 106 Å². The van der Waals surface area contributed by atoms with Crippen LogP contribution in [0.2, 0.25) is 0 Å². The van der Waals surface area contributed by atoms with Crippen molar-refractivity contribution in [1.29, 1.82) is 0 Å². The molecule has 1 saturated heterocycles. The van der Waals surface area contributed by atoms with Crippen molar-refractivity contribution in [1.82, 2.24) is 20.8 Å². The number of rotatable bonds is 5. The molecular weight excluding hydrogens is 240 g/mol. The predicted molar refractivity (Wildman–Crippen MR) is 58.1 cm³/mol. The summed E-state index contributed by atoms with van der Waals surface area (Å²) in [6.07, 6.45) is 1.11. The Morgan fingerprint density at radius 2 is 2.50 bits per heavy atom. The summed E-state index contributed by atoms with van der Waals surface area (Å²) in [6, 6.07) is -0.214. The molecule has 2 rings (SSSR count). The monoisotopic (exact) mass is 254 g/mol. The molecule has 0 aromatic carbocycles. The van der Waals surface area contributed by atoms with Crippen LogP contribution in [0.4, 0.5) is 0 Å². The number of amides is 2. The van der Waals surface area contributed by atoms with E-state index in [1.807, 2.05) is 0 Å². The fourth-order valence-corrected chi connectivity index (χ4v) is 1.64. The van der Waals surface area contributed by atoms with Crippen molar-refractivity contribution in [3.8, 4) is 0 Å². The Balaban J connectivity index is 1.86. The van der Waals surface area contributed by atoms with E-state index in [0.717, 1.165) is 0 Å². The number of nitrogens with one attached hydrogen (secondary N) is 2. The molecule has 0 radical (unpaired) electrons. The van der Waals surface area contributed by atoms with Crippen LogP contribution in [0.1, 0.15) is 30.6 Å². The molecule has 8 heteroatoms. The maximum Gasteiger partial charge on any atom is 0.249 e. The van der Waals surface area contributed by atoms with Crippen molar-refractivity contribution < 1.29 is 18.8 Å².